The zero-order valence-corrected chi connectivity index (χ0v) is 14.4. The number of benzene rings is 1. The van der Waals surface area contributed by atoms with E-state index in [-0.39, 0.29) is 24.6 Å². The van der Waals surface area contributed by atoms with Crippen LogP contribution in [0, 0.1) is 5.92 Å². The van der Waals surface area contributed by atoms with Crippen LogP contribution >= 0.6 is 0 Å². The summed E-state index contributed by atoms with van der Waals surface area (Å²) in [5.41, 5.74) is 0.565. The number of aliphatic hydroxyl groups excluding tert-OH is 1. The number of esters is 1. The number of hydrogen-bond donors (Lipinski definition) is 1. The van der Waals surface area contributed by atoms with Gasteiger partial charge in [-0.3, -0.25) is 0 Å². The molecule has 0 amide bonds. The van der Waals surface area contributed by atoms with E-state index in [1.807, 2.05) is 36.4 Å². The summed E-state index contributed by atoms with van der Waals surface area (Å²) in [5, 5.41) is 9.94. The topological polar surface area (TPSA) is 46.5 Å². The fourth-order valence-corrected chi connectivity index (χ4v) is 2.27. The molecule has 0 bridgehead atoms. The van der Waals surface area contributed by atoms with Crippen LogP contribution < -0.4 is 0 Å². The second-order valence-corrected chi connectivity index (χ2v) is 5.61. The van der Waals surface area contributed by atoms with Gasteiger partial charge in [0.05, 0.1) is 11.7 Å². The van der Waals surface area contributed by atoms with Crippen LogP contribution in [0.2, 0.25) is 0 Å². The number of rotatable bonds is 11. The zero-order valence-electron chi connectivity index (χ0n) is 14.4. The molecule has 0 fully saturated rings. The summed E-state index contributed by atoms with van der Waals surface area (Å²) in [6.45, 7) is 6.11. The van der Waals surface area contributed by atoms with Gasteiger partial charge in [-0.1, -0.05) is 61.9 Å². The van der Waals surface area contributed by atoms with E-state index in [1.54, 1.807) is 18.2 Å². The van der Waals surface area contributed by atoms with Gasteiger partial charge in [0.1, 0.15) is 6.61 Å². The third-order valence-electron chi connectivity index (χ3n) is 3.65. The number of hydrogen-bond acceptors (Lipinski definition) is 3. The highest BCUT2D eigenvalue weighted by molar-refractivity contribution is 5.89. The van der Waals surface area contributed by atoms with Crippen LogP contribution in [0.5, 0.6) is 0 Å². The molecule has 2 unspecified atom stereocenters. The second-order valence-electron chi connectivity index (χ2n) is 5.61. The van der Waals surface area contributed by atoms with Crippen molar-refractivity contribution in [1.82, 2.24) is 0 Å². The first-order chi connectivity index (χ1) is 11.7. The van der Waals surface area contributed by atoms with E-state index in [2.05, 4.69) is 19.6 Å². The van der Waals surface area contributed by atoms with Gasteiger partial charge in [-0.05, 0) is 31.4 Å². The molecule has 2 atom stereocenters. The Morgan fingerprint density at radius 3 is 2.58 bits per heavy atom. The van der Waals surface area contributed by atoms with E-state index in [4.69, 9.17) is 4.74 Å². The van der Waals surface area contributed by atoms with Crippen LogP contribution in [0.1, 0.15) is 43.0 Å². The van der Waals surface area contributed by atoms with Crippen LogP contribution in [-0.2, 0) is 4.74 Å². The maximum atomic E-state index is 11.7. The van der Waals surface area contributed by atoms with E-state index in [0.717, 1.165) is 25.7 Å². The molecule has 0 spiro atoms. The minimum atomic E-state index is -0.350. The molecule has 0 radical (unpaired) electrons. The van der Waals surface area contributed by atoms with E-state index < -0.39 is 0 Å². The standard InChI is InChI=1S/C21H28O3/c1-3-13-20(22)18(4-2)14-9-6-5-7-12-17-24-21(23)19-15-10-8-11-16-19/h4,7-12,14-16,18,20,22H,2-3,5-6,13,17H2,1H3/b12-7+,14-9+. The zero-order chi connectivity index (χ0) is 17.6. The fourth-order valence-electron chi connectivity index (χ4n) is 2.27. The number of ether oxygens (including phenoxy) is 1. The van der Waals surface area contributed by atoms with Crippen molar-refractivity contribution in [3.63, 3.8) is 0 Å². The first-order valence-electron chi connectivity index (χ1n) is 8.53. The Labute approximate surface area is 145 Å². The van der Waals surface area contributed by atoms with Crippen molar-refractivity contribution in [1.29, 1.82) is 0 Å². The SMILES string of the molecule is C=CC(/C=C/CC/C=C/COC(=O)c1ccccc1)C(O)CCC. The monoisotopic (exact) mass is 328 g/mol. The van der Waals surface area contributed by atoms with Crippen LogP contribution in [-0.4, -0.2) is 23.8 Å². The predicted molar refractivity (Wildman–Crippen MR) is 98.8 cm³/mol. The van der Waals surface area contributed by atoms with Crippen molar-refractivity contribution in [3.8, 4) is 0 Å². The van der Waals surface area contributed by atoms with Crippen LogP contribution in [0.4, 0.5) is 0 Å². The Hall–Kier alpha value is -2.13. The molecule has 1 N–H and O–H groups in total. The lowest BCUT2D eigenvalue weighted by molar-refractivity contribution is 0.0549. The van der Waals surface area contributed by atoms with Crippen LogP contribution in [0.25, 0.3) is 0 Å². The number of carbonyl (C=O) groups is 1. The molecule has 3 nitrogen and oxygen atoms in total. The van der Waals surface area contributed by atoms with Crippen molar-refractivity contribution in [2.45, 2.75) is 38.7 Å². The van der Waals surface area contributed by atoms with Crippen molar-refractivity contribution in [2.24, 2.45) is 5.92 Å². The first-order valence-corrected chi connectivity index (χ1v) is 8.53. The van der Waals surface area contributed by atoms with Gasteiger partial charge >= 0.3 is 5.97 Å². The van der Waals surface area contributed by atoms with Crippen molar-refractivity contribution in [3.05, 3.63) is 72.9 Å². The summed E-state index contributed by atoms with van der Waals surface area (Å²) in [5.74, 6) is -0.292. The second kappa shape index (κ2) is 12.3. The lowest BCUT2D eigenvalue weighted by atomic mass is 9.98. The molecule has 0 heterocycles. The minimum Gasteiger partial charge on any atom is -0.458 e. The normalized spacial score (nSPS) is 13.9. The quantitative estimate of drug-likeness (QED) is 0.364. The molecule has 0 saturated carbocycles. The van der Waals surface area contributed by atoms with Crippen molar-refractivity contribution in [2.75, 3.05) is 6.61 Å². The summed E-state index contributed by atoms with van der Waals surface area (Å²) >= 11 is 0. The Kier molecular flexibility index (Phi) is 10.2. The lowest BCUT2D eigenvalue weighted by Crippen LogP contribution is -2.15. The highest BCUT2D eigenvalue weighted by atomic mass is 16.5. The van der Waals surface area contributed by atoms with Gasteiger partial charge in [-0.15, -0.1) is 6.58 Å². The molecule has 3 heteroatoms. The highest BCUT2D eigenvalue weighted by Crippen LogP contribution is 2.13. The molecule has 1 rings (SSSR count). The van der Waals surface area contributed by atoms with E-state index in [0.29, 0.717) is 5.56 Å². The maximum Gasteiger partial charge on any atom is 0.338 e. The molecule has 0 aliphatic carbocycles. The van der Waals surface area contributed by atoms with E-state index in [9.17, 15) is 9.90 Å². The van der Waals surface area contributed by atoms with Gasteiger partial charge in [0.25, 0.3) is 0 Å². The minimum absolute atomic E-state index is 0.0146. The summed E-state index contributed by atoms with van der Waals surface area (Å²) in [6.07, 6.45) is 12.9. The van der Waals surface area contributed by atoms with Gasteiger partial charge in [0.15, 0.2) is 0 Å². The summed E-state index contributed by atoms with van der Waals surface area (Å²) in [4.78, 5) is 11.7. The number of carbonyl (C=O) groups excluding carboxylic acids is 1. The predicted octanol–water partition coefficient (Wildman–Crippen LogP) is 4.70. The third-order valence-corrected chi connectivity index (χ3v) is 3.65. The average molecular weight is 328 g/mol. The molecule has 1 aromatic carbocycles. The molecular formula is C21H28O3. The van der Waals surface area contributed by atoms with Crippen molar-refractivity contribution < 1.29 is 14.6 Å². The lowest BCUT2D eigenvalue weighted by Gasteiger charge is -2.14. The molecule has 130 valence electrons. The highest BCUT2D eigenvalue weighted by Gasteiger charge is 2.10. The maximum absolute atomic E-state index is 11.7. The smallest absolute Gasteiger partial charge is 0.338 e. The van der Waals surface area contributed by atoms with E-state index in [1.165, 1.54) is 0 Å². The largest absolute Gasteiger partial charge is 0.458 e. The number of unbranched alkanes of at least 4 members (excludes halogenated alkanes) is 1. The molecule has 0 saturated heterocycles. The van der Waals surface area contributed by atoms with Gasteiger partial charge in [0, 0.05) is 5.92 Å². The third kappa shape index (κ3) is 7.93. The number of aliphatic hydroxyl groups is 1. The molecule has 24 heavy (non-hydrogen) atoms. The number of allylic oxidation sites excluding steroid dienone is 2. The molecular weight excluding hydrogens is 300 g/mol. The van der Waals surface area contributed by atoms with Gasteiger partial charge in [-0.25, -0.2) is 4.79 Å². The van der Waals surface area contributed by atoms with Crippen LogP contribution in [0.3, 0.4) is 0 Å². The van der Waals surface area contributed by atoms with Gasteiger partial charge in [-0.2, -0.15) is 0 Å². The summed E-state index contributed by atoms with van der Waals surface area (Å²) in [7, 11) is 0. The Morgan fingerprint density at radius 1 is 1.21 bits per heavy atom. The van der Waals surface area contributed by atoms with Crippen molar-refractivity contribution >= 4 is 5.97 Å². The molecule has 0 aliphatic heterocycles. The Morgan fingerprint density at radius 2 is 1.92 bits per heavy atom. The van der Waals surface area contributed by atoms with Crippen LogP contribution in [0.15, 0.2) is 67.3 Å². The summed E-state index contributed by atoms with van der Waals surface area (Å²) in [6, 6.07) is 8.96. The van der Waals surface area contributed by atoms with Gasteiger partial charge < -0.3 is 9.84 Å². The molecule has 0 aliphatic rings. The Balaban J connectivity index is 2.20. The molecule has 1 aromatic rings. The first kappa shape index (κ1) is 19.9. The fraction of sp³-hybridized carbons (Fsp3) is 0.381. The van der Waals surface area contributed by atoms with Gasteiger partial charge in [0.2, 0.25) is 0 Å². The average Bonchev–Trinajstić information content (AvgIpc) is 2.61. The molecule has 0 aromatic heterocycles. The Bertz CT molecular complexity index is 531. The summed E-state index contributed by atoms with van der Waals surface area (Å²) < 4.78 is 5.16. The van der Waals surface area contributed by atoms with E-state index >= 15 is 0 Å².